The monoisotopic (exact) mass is 303 g/mol. The highest BCUT2D eigenvalue weighted by Gasteiger charge is 2.14. The van der Waals surface area contributed by atoms with Crippen LogP contribution in [0.25, 0.3) is 0 Å². The first kappa shape index (κ1) is 12.0. The van der Waals surface area contributed by atoms with E-state index in [1.165, 1.54) is 15.6 Å². The van der Waals surface area contributed by atoms with Gasteiger partial charge in [-0.2, -0.15) is 0 Å². The number of nitrogens with one attached hydrogen (secondary N) is 1. The summed E-state index contributed by atoms with van der Waals surface area (Å²) in [6, 6.07) is 9.39. The van der Waals surface area contributed by atoms with Crippen LogP contribution in [-0.2, 0) is 0 Å². The standard InChI is InChI=1S/C12H18IN/c1-4-12(14-3)9(2)10-5-7-11(13)8-6-10/h5-9,12,14H,4H2,1-3H3. The van der Waals surface area contributed by atoms with Crippen LogP contribution in [0.5, 0.6) is 0 Å². The van der Waals surface area contributed by atoms with E-state index in [0.29, 0.717) is 12.0 Å². The van der Waals surface area contributed by atoms with Crippen molar-refractivity contribution in [1.29, 1.82) is 0 Å². The average Bonchev–Trinajstić information content (AvgIpc) is 2.20. The lowest BCUT2D eigenvalue weighted by Gasteiger charge is -2.22. The van der Waals surface area contributed by atoms with E-state index in [9.17, 15) is 0 Å². The maximum atomic E-state index is 3.36. The smallest absolute Gasteiger partial charge is 0.0130 e. The summed E-state index contributed by atoms with van der Waals surface area (Å²) in [5.74, 6) is 0.585. The molecule has 0 amide bonds. The predicted molar refractivity (Wildman–Crippen MR) is 70.7 cm³/mol. The fourth-order valence-corrected chi connectivity index (χ4v) is 2.17. The van der Waals surface area contributed by atoms with Crippen molar-refractivity contribution in [3.8, 4) is 0 Å². The molecule has 0 saturated heterocycles. The van der Waals surface area contributed by atoms with Crippen LogP contribution in [-0.4, -0.2) is 13.1 Å². The molecule has 78 valence electrons. The van der Waals surface area contributed by atoms with Gasteiger partial charge in [-0.1, -0.05) is 26.0 Å². The molecule has 0 heterocycles. The molecule has 0 fully saturated rings. The minimum Gasteiger partial charge on any atom is -0.316 e. The van der Waals surface area contributed by atoms with Crippen molar-refractivity contribution in [2.75, 3.05) is 7.05 Å². The van der Waals surface area contributed by atoms with Crippen LogP contribution in [0.15, 0.2) is 24.3 Å². The van der Waals surface area contributed by atoms with E-state index in [2.05, 4.69) is 66.0 Å². The molecule has 1 aromatic rings. The molecule has 0 radical (unpaired) electrons. The summed E-state index contributed by atoms with van der Waals surface area (Å²) in [7, 11) is 2.04. The molecule has 2 atom stereocenters. The molecule has 2 unspecified atom stereocenters. The largest absolute Gasteiger partial charge is 0.316 e. The number of likely N-dealkylation sites (N-methyl/N-ethyl adjacent to an activating group) is 1. The van der Waals surface area contributed by atoms with E-state index >= 15 is 0 Å². The zero-order valence-corrected chi connectivity index (χ0v) is 11.2. The first-order valence-corrected chi connectivity index (χ1v) is 6.19. The van der Waals surface area contributed by atoms with Gasteiger partial charge < -0.3 is 5.32 Å². The highest BCUT2D eigenvalue weighted by molar-refractivity contribution is 14.1. The molecule has 1 rings (SSSR count). The van der Waals surface area contributed by atoms with Crippen LogP contribution in [0.2, 0.25) is 0 Å². The maximum absolute atomic E-state index is 3.36. The lowest BCUT2D eigenvalue weighted by Crippen LogP contribution is -2.29. The number of benzene rings is 1. The fraction of sp³-hybridized carbons (Fsp3) is 0.500. The Morgan fingerprint density at radius 2 is 1.86 bits per heavy atom. The van der Waals surface area contributed by atoms with Crippen LogP contribution in [0.3, 0.4) is 0 Å². The number of hydrogen-bond donors (Lipinski definition) is 1. The molecular formula is C12H18IN. The minimum absolute atomic E-state index is 0.579. The van der Waals surface area contributed by atoms with Gasteiger partial charge in [0.2, 0.25) is 0 Å². The van der Waals surface area contributed by atoms with Gasteiger partial charge in [0.1, 0.15) is 0 Å². The van der Waals surface area contributed by atoms with Gasteiger partial charge in [-0.05, 0) is 59.7 Å². The van der Waals surface area contributed by atoms with Crippen molar-refractivity contribution in [2.24, 2.45) is 0 Å². The number of hydrogen-bond acceptors (Lipinski definition) is 1. The highest BCUT2D eigenvalue weighted by atomic mass is 127. The third kappa shape index (κ3) is 2.95. The van der Waals surface area contributed by atoms with Crippen molar-refractivity contribution in [3.05, 3.63) is 33.4 Å². The summed E-state index contributed by atoms with van der Waals surface area (Å²) in [5, 5.41) is 3.36. The van der Waals surface area contributed by atoms with Gasteiger partial charge in [0.15, 0.2) is 0 Å². The van der Waals surface area contributed by atoms with E-state index < -0.39 is 0 Å². The van der Waals surface area contributed by atoms with E-state index in [1.807, 2.05) is 7.05 Å². The lowest BCUT2D eigenvalue weighted by molar-refractivity contribution is 0.473. The van der Waals surface area contributed by atoms with Gasteiger partial charge in [-0.25, -0.2) is 0 Å². The summed E-state index contributed by atoms with van der Waals surface area (Å²) in [5.41, 5.74) is 1.42. The number of rotatable bonds is 4. The summed E-state index contributed by atoms with van der Waals surface area (Å²) < 4.78 is 1.30. The van der Waals surface area contributed by atoms with Gasteiger partial charge in [-0.3, -0.25) is 0 Å². The van der Waals surface area contributed by atoms with Gasteiger partial charge in [-0.15, -0.1) is 0 Å². The molecule has 0 aliphatic heterocycles. The van der Waals surface area contributed by atoms with Crippen molar-refractivity contribution in [1.82, 2.24) is 5.32 Å². The molecule has 0 spiro atoms. The molecule has 0 aromatic heterocycles. The fourth-order valence-electron chi connectivity index (χ4n) is 1.81. The van der Waals surface area contributed by atoms with Crippen LogP contribution in [0.1, 0.15) is 31.7 Å². The summed E-state index contributed by atoms with van der Waals surface area (Å²) in [4.78, 5) is 0. The van der Waals surface area contributed by atoms with E-state index in [-0.39, 0.29) is 0 Å². The third-order valence-electron chi connectivity index (χ3n) is 2.81. The lowest BCUT2D eigenvalue weighted by atomic mass is 9.92. The molecule has 0 bridgehead atoms. The third-order valence-corrected chi connectivity index (χ3v) is 3.53. The Kier molecular flexibility index (Phi) is 4.89. The summed E-state index contributed by atoms with van der Waals surface area (Å²) in [6.07, 6.45) is 1.17. The first-order chi connectivity index (χ1) is 6.69. The van der Waals surface area contributed by atoms with Crippen LogP contribution >= 0.6 is 22.6 Å². The zero-order chi connectivity index (χ0) is 10.6. The zero-order valence-electron chi connectivity index (χ0n) is 9.05. The van der Waals surface area contributed by atoms with Crippen LogP contribution < -0.4 is 5.32 Å². The quantitative estimate of drug-likeness (QED) is 0.841. The Hall–Kier alpha value is -0.0900. The van der Waals surface area contributed by atoms with Crippen molar-refractivity contribution >= 4 is 22.6 Å². The molecule has 1 nitrogen and oxygen atoms in total. The molecular weight excluding hydrogens is 285 g/mol. The van der Waals surface area contributed by atoms with Crippen molar-refractivity contribution < 1.29 is 0 Å². The molecule has 1 aromatic carbocycles. The molecule has 0 aliphatic rings. The van der Waals surface area contributed by atoms with E-state index in [4.69, 9.17) is 0 Å². The molecule has 14 heavy (non-hydrogen) atoms. The Morgan fingerprint density at radius 1 is 1.29 bits per heavy atom. The molecule has 0 saturated carbocycles. The molecule has 0 aliphatic carbocycles. The topological polar surface area (TPSA) is 12.0 Å². The Balaban J connectivity index is 2.77. The normalized spacial score (nSPS) is 15.1. The second-order valence-electron chi connectivity index (χ2n) is 3.64. The Morgan fingerprint density at radius 3 is 2.29 bits per heavy atom. The van der Waals surface area contributed by atoms with Crippen molar-refractivity contribution in [3.63, 3.8) is 0 Å². The summed E-state index contributed by atoms with van der Waals surface area (Å²) in [6.45, 7) is 4.51. The van der Waals surface area contributed by atoms with Gasteiger partial charge in [0.05, 0.1) is 0 Å². The Labute approximate surface area is 100 Å². The minimum atomic E-state index is 0.579. The van der Waals surface area contributed by atoms with E-state index in [1.54, 1.807) is 0 Å². The van der Waals surface area contributed by atoms with Gasteiger partial charge in [0, 0.05) is 9.61 Å². The predicted octanol–water partition coefficient (Wildman–Crippen LogP) is 3.39. The summed E-state index contributed by atoms with van der Waals surface area (Å²) >= 11 is 2.34. The van der Waals surface area contributed by atoms with Gasteiger partial charge >= 0.3 is 0 Å². The molecule has 2 heteroatoms. The van der Waals surface area contributed by atoms with Crippen molar-refractivity contribution in [2.45, 2.75) is 32.2 Å². The highest BCUT2D eigenvalue weighted by Crippen LogP contribution is 2.21. The second-order valence-corrected chi connectivity index (χ2v) is 4.89. The van der Waals surface area contributed by atoms with E-state index in [0.717, 1.165) is 0 Å². The first-order valence-electron chi connectivity index (χ1n) is 5.11. The van der Waals surface area contributed by atoms with Gasteiger partial charge in [0.25, 0.3) is 0 Å². The average molecular weight is 303 g/mol. The maximum Gasteiger partial charge on any atom is 0.0130 e. The van der Waals surface area contributed by atoms with Crippen LogP contribution in [0.4, 0.5) is 0 Å². The van der Waals surface area contributed by atoms with Crippen LogP contribution in [0, 0.1) is 3.57 Å². The Bertz CT molecular complexity index is 264. The second kappa shape index (κ2) is 5.71. The SMILES string of the molecule is CCC(NC)C(C)c1ccc(I)cc1. The number of halogens is 1. The molecule has 1 N–H and O–H groups in total.